The van der Waals surface area contributed by atoms with E-state index in [2.05, 4.69) is 24.1 Å². The lowest BCUT2D eigenvalue weighted by Crippen LogP contribution is -2.32. The van der Waals surface area contributed by atoms with Gasteiger partial charge in [0.1, 0.15) is 4.70 Å². The highest BCUT2D eigenvalue weighted by molar-refractivity contribution is 7.99. The van der Waals surface area contributed by atoms with Crippen LogP contribution in [-0.2, 0) is 16.1 Å². The predicted molar refractivity (Wildman–Crippen MR) is 129 cm³/mol. The predicted octanol–water partition coefficient (Wildman–Crippen LogP) is 3.20. The number of carbonyl (C=O) groups is 1. The summed E-state index contributed by atoms with van der Waals surface area (Å²) in [6.07, 6.45) is 0.770. The van der Waals surface area contributed by atoms with Crippen LogP contribution in [0.1, 0.15) is 20.3 Å². The van der Waals surface area contributed by atoms with E-state index in [-0.39, 0.29) is 17.2 Å². The Morgan fingerprint density at radius 3 is 2.81 bits per heavy atom. The van der Waals surface area contributed by atoms with Crippen LogP contribution in [0.4, 0.5) is 0 Å². The molecular weight excluding hydrogens is 432 g/mol. The largest absolute Gasteiger partial charge is 0.385 e. The van der Waals surface area contributed by atoms with E-state index < -0.39 is 0 Å². The summed E-state index contributed by atoms with van der Waals surface area (Å²) in [5.74, 6) is 0.152. The Morgan fingerprint density at radius 1 is 1.29 bits per heavy atom. The second kappa shape index (κ2) is 11.6. The van der Waals surface area contributed by atoms with Crippen molar-refractivity contribution in [2.24, 2.45) is 0 Å². The van der Waals surface area contributed by atoms with Crippen molar-refractivity contribution < 1.29 is 9.53 Å². The van der Waals surface area contributed by atoms with Gasteiger partial charge in [-0.25, -0.2) is 4.98 Å². The first-order valence-electron chi connectivity index (χ1n) is 10.6. The van der Waals surface area contributed by atoms with Crippen LogP contribution in [0.15, 0.2) is 34.2 Å². The van der Waals surface area contributed by atoms with E-state index in [1.807, 2.05) is 24.3 Å². The van der Waals surface area contributed by atoms with Crippen molar-refractivity contribution in [2.75, 3.05) is 45.6 Å². The molecule has 0 bridgehead atoms. The summed E-state index contributed by atoms with van der Waals surface area (Å²) < 4.78 is 8.47. The molecule has 0 aliphatic heterocycles. The molecule has 3 aromatic rings. The molecule has 31 heavy (non-hydrogen) atoms. The highest BCUT2D eigenvalue weighted by Gasteiger charge is 2.17. The van der Waals surface area contributed by atoms with Gasteiger partial charge in [0.2, 0.25) is 5.91 Å². The maximum Gasteiger partial charge on any atom is 0.272 e. The smallest absolute Gasteiger partial charge is 0.272 e. The van der Waals surface area contributed by atoms with Gasteiger partial charge in [-0.3, -0.25) is 14.2 Å². The fourth-order valence-corrected chi connectivity index (χ4v) is 5.31. The average molecular weight is 463 g/mol. The lowest BCUT2D eigenvalue weighted by atomic mass is 10.2. The van der Waals surface area contributed by atoms with Crippen LogP contribution in [0.3, 0.4) is 0 Å². The van der Waals surface area contributed by atoms with Crippen molar-refractivity contribution in [3.63, 3.8) is 0 Å². The Labute approximate surface area is 190 Å². The van der Waals surface area contributed by atoms with E-state index >= 15 is 0 Å². The molecule has 1 N–H and O–H groups in total. The molecule has 0 fully saturated rings. The second-order valence-corrected chi connectivity index (χ2v) is 9.13. The molecule has 2 aromatic heterocycles. The molecule has 0 saturated heterocycles. The molecule has 2 heterocycles. The van der Waals surface area contributed by atoms with Gasteiger partial charge in [0.25, 0.3) is 5.56 Å². The summed E-state index contributed by atoms with van der Waals surface area (Å²) in [7, 11) is 1.64. The molecule has 1 amide bonds. The zero-order chi connectivity index (χ0) is 22.2. The number of aromatic nitrogens is 2. The van der Waals surface area contributed by atoms with E-state index in [1.54, 1.807) is 11.7 Å². The van der Waals surface area contributed by atoms with Crippen LogP contribution >= 0.6 is 23.1 Å². The number of methoxy groups -OCH3 is 1. The first-order valence-corrected chi connectivity index (χ1v) is 12.4. The number of thioether (sulfide) groups is 1. The van der Waals surface area contributed by atoms with Gasteiger partial charge in [-0.05, 0) is 25.6 Å². The lowest BCUT2D eigenvalue weighted by Gasteiger charge is -2.19. The van der Waals surface area contributed by atoms with Crippen molar-refractivity contribution in [3.8, 4) is 0 Å². The van der Waals surface area contributed by atoms with Gasteiger partial charge < -0.3 is 15.0 Å². The van der Waals surface area contributed by atoms with Crippen LogP contribution < -0.4 is 10.9 Å². The van der Waals surface area contributed by atoms with Crippen LogP contribution in [-0.4, -0.2) is 66.0 Å². The molecular formula is C22H30N4O3S2. The minimum absolute atomic E-state index is 0.0265. The number of nitrogens with zero attached hydrogens (tertiary/aromatic N) is 3. The van der Waals surface area contributed by atoms with Gasteiger partial charge in [0, 0.05) is 43.4 Å². The molecule has 0 aliphatic carbocycles. The number of rotatable bonds is 12. The van der Waals surface area contributed by atoms with Crippen LogP contribution in [0.25, 0.3) is 20.3 Å². The van der Waals surface area contributed by atoms with Gasteiger partial charge >= 0.3 is 0 Å². The molecule has 7 nitrogen and oxygen atoms in total. The van der Waals surface area contributed by atoms with Crippen molar-refractivity contribution >= 4 is 49.3 Å². The Hall–Kier alpha value is -1.94. The number of ether oxygens (including phenoxy) is 1. The Balaban J connectivity index is 1.88. The standard InChI is InChI=1S/C22H30N4O3S2/c1-4-25(5-2)12-13-26-21(28)20-19(16-9-6-7-10-17(16)31-20)24-22(26)30-15-18(27)23-11-8-14-29-3/h6-7,9-10H,4-5,8,11-15H2,1-3H3,(H,23,27). The summed E-state index contributed by atoms with van der Waals surface area (Å²) in [5, 5.41) is 4.48. The minimum Gasteiger partial charge on any atom is -0.385 e. The third-order valence-corrected chi connectivity index (χ3v) is 7.29. The fraction of sp³-hybridized carbons (Fsp3) is 0.500. The topological polar surface area (TPSA) is 76.5 Å². The van der Waals surface area contributed by atoms with E-state index in [0.29, 0.717) is 29.6 Å². The maximum absolute atomic E-state index is 13.4. The van der Waals surface area contributed by atoms with Gasteiger partial charge in [-0.2, -0.15) is 0 Å². The summed E-state index contributed by atoms with van der Waals surface area (Å²) in [5.41, 5.74) is 0.703. The zero-order valence-corrected chi connectivity index (χ0v) is 20.0. The highest BCUT2D eigenvalue weighted by atomic mass is 32.2. The second-order valence-electron chi connectivity index (χ2n) is 7.14. The molecule has 0 saturated carbocycles. The number of likely N-dealkylation sites (N-methyl/N-ethyl adjacent to an activating group) is 1. The van der Waals surface area contributed by atoms with E-state index in [9.17, 15) is 9.59 Å². The molecule has 0 unspecified atom stereocenters. The summed E-state index contributed by atoms with van der Waals surface area (Å²) in [4.78, 5) is 32.8. The van der Waals surface area contributed by atoms with Crippen molar-refractivity contribution in [1.29, 1.82) is 0 Å². The van der Waals surface area contributed by atoms with Crippen molar-refractivity contribution in [3.05, 3.63) is 34.6 Å². The first kappa shape index (κ1) is 23.7. The molecule has 0 spiro atoms. The molecule has 0 radical (unpaired) electrons. The summed E-state index contributed by atoms with van der Waals surface area (Å²) in [6, 6.07) is 7.95. The Kier molecular flexibility index (Phi) is 8.89. The quantitative estimate of drug-likeness (QED) is 0.253. The zero-order valence-electron chi connectivity index (χ0n) is 18.3. The van der Waals surface area contributed by atoms with Crippen LogP contribution in [0.5, 0.6) is 0 Å². The van der Waals surface area contributed by atoms with Gasteiger partial charge in [-0.15, -0.1) is 11.3 Å². The number of fused-ring (bicyclic) bond motifs is 3. The summed E-state index contributed by atoms with van der Waals surface area (Å²) in [6.45, 7) is 8.58. The number of thiophene rings is 1. The molecule has 9 heteroatoms. The van der Waals surface area contributed by atoms with Gasteiger partial charge in [0.05, 0.1) is 11.3 Å². The number of carbonyl (C=O) groups excluding carboxylic acids is 1. The van der Waals surface area contributed by atoms with Gasteiger partial charge in [-0.1, -0.05) is 43.8 Å². The van der Waals surface area contributed by atoms with E-state index in [4.69, 9.17) is 9.72 Å². The van der Waals surface area contributed by atoms with E-state index in [0.717, 1.165) is 41.7 Å². The lowest BCUT2D eigenvalue weighted by molar-refractivity contribution is -0.118. The van der Waals surface area contributed by atoms with Crippen LogP contribution in [0, 0.1) is 0 Å². The van der Waals surface area contributed by atoms with Crippen molar-refractivity contribution in [1.82, 2.24) is 19.8 Å². The number of benzene rings is 1. The SMILES string of the molecule is CCN(CC)CCn1c(SCC(=O)NCCCOC)nc2c(sc3ccccc32)c1=O. The molecule has 0 atom stereocenters. The number of nitrogens with one attached hydrogen (secondary N) is 1. The molecule has 1 aromatic carbocycles. The first-order chi connectivity index (χ1) is 15.1. The fourth-order valence-electron chi connectivity index (χ4n) is 3.37. The number of hydrogen-bond donors (Lipinski definition) is 1. The molecule has 0 aliphatic rings. The maximum atomic E-state index is 13.4. The van der Waals surface area contributed by atoms with E-state index in [1.165, 1.54) is 23.1 Å². The third-order valence-electron chi connectivity index (χ3n) is 5.16. The van der Waals surface area contributed by atoms with Crippen LogP contribution in [0.2, 0.25) is 0 Å². The van der Waals surface area contributed by atoms with Gasteiger partial charge in [0.15, 0.2) is 5.16 Å². The minimum atomic E-state index is -0.0686. The number of hydrogen-bond acceptors (Lipinski definition) is 7. The average Bonchev–Trinajstić information content (AvgIpc) is 3.16. The normalized spacial score (nSPS) is 11.6. The highest BCUT2D eigenvalue weighted by Crippen LogP contribution is 2.31. The summed E-state index contributed by atoms with van der Waals surface area (Å²) >= 11 is 2.81. The third kappa shape index (κ3) is 5.85. The monoisotopic (exact) mass is 462 g/mol. The Morgan fingerprint density at radius 2 is 2.06 bits per heavy atom. The molecule has 168 valence electrons. The number of amides is 1. The Bertz CT molecular complexity index is 1080. The van der Waals surface area contributed by atoms with Crippen molar-refractivity contribution in [2.45, 2.75) is 32.0 Å². The molecule has 3 rings (SSSR count).